The van der Waals surface area contributed by atoms with Crippen LogP contribution in [0.3, 0.4) is 0 Å². The van der Waals surface area contributed by atoms with E-state index in [2.05, 4.69) is 5.32 Å². The highest BCUT2D eigenvalue weighted by Crippen LogP contribution is 2.21. The van der Waals surface area contributed by atoms with Crippen LogP contribution < -0.4 is 16.0 Å². The number of anilines is 1. The third-order valence-electron chi connectivity index (χ3n) is 3.43. The van der Waals surface area contributed by atoms with Crippen molar-refractivity contribution in [3.8, 4) is 0 Å². The molecule has 1 unspecified atom stereocenters. The van der Waals surface area contributed by atoms with E-state index >= 15 is 0 Å². The third-order valence-corrected chi connectivity index (χ3v) is 3.43. The van der Waals surface area contributed by atoms with E-state index in [9.17, 15) is 9.59 Å². The first-order chi connectivity index (χ1) is 11.0. The molecule has 2 amide bonds. The second kappa shape index (κ2) is 7.60. The Bertz CT molecular complexity index is 665. The summed E-state index contributed by atoms with van der Waals surface area (Å²) in [6, 6.07) is 10.2. The molecule has 0 radical (unpaired) electrons. The van der Waals surface area contributed by atoms with Crippen molar-refractivity contribution in [2.45, 2.75) is 19.4 Å². The van der Waals surface area contributed by atoms with Gasteiger partial charge in [-0.2, -0.15) is 0 Å². The molecule has 23 heavy (non-hydrogen) atoms. The summed E-state index contributed by atoms with van der Waals surface area (Å²) in [7, 11) is 1.61. The molecule has 0 aliphatic heterocycles. The van der Waals surface area contributed by atoms with E-state index in [1.807, 2.05) is 6.92 Å². The SMILES string of the molecule is CC(N)CCNC(=O)c1ccccc1N(C)C(=O)c1ccco1. The van der Waals surface area contributed by atoms with Crippen LogP contribution in [0.5, 0.6) is 0 Å². The Kier molecular flexibility index (Phi) is 5.54. The van der Waals surface area contributed by atoms with Crippen LogP contribution in [0.2, 0.25) is 0 Å². The van der Waals surface area contributed by atoms with Crippen molar-refractivity contribution in [2.24, 2.45) is 5.73 Å². The second-order valence-electron chi connectivity index (χ2n) is 5.38. The van der Waals surface area contributed by atoms with Gasteiger partial charge in [-0.15, -0.1) is 0 Å². The molecule has 0 aliphatic rings. The van der Waals surface area contributed by atoms with Gasteiger partial charge in [0.1, 0.15) is 0 Å². The molecule has 6 heteroatoms. The number of rotatable bonds is 6. The van der Waals surface area contributed by atoms with Crippen molar-refractivity contribution >= 4 is 17.5 Å². The Balaban J connectivity index is 2.16. The summed E-state index contributed by atoms with van der Waals surface area (Å²) >= 11 is 0. The number of hydrogen-bond acceptors (Lipinski definition) is 4. The zero-order chi connectivity index (χ0) is 16.8. The summed E-state index contributed by atoms with van der Waals surface area (Å²) in [6.45, 7) is 2.37. The molecule has 1 atom stereocenters. The van der Waals surface area contributed by atoms with Crippen molar-refractivity contribution in [3.05, 3.63) is 54.0 Å². The Morgan fingerprint density at radius 1 is 1.26 bits per heavy atom. The molecule has 2 aromatic rings. The largest absolute Gasteiger partial charge is 0.459 e. The van der Waals surface area contributed by atoms with Gasteiger partial charge in [-0.25, -0.2) is 0 Å². The predicted molar refractivity (Wildman–Crippen MR) is 88.5 cm³/mol. The lowest BCUT2D eigenvalue weighted by Crippen LogP contribution is -2.32. The van der Waals surface area contributed by atoms with E-state index in [1.54, 1.807) is 43.4 Å². The highest BCUT2D eigenvalue weighted by atomic mass is 16.3. The van der Waals surface area contributed by atoms with Crippen molar-refractivity contribution in [3.63, 3.8) is 0 Å². The molecule has 3 N–H and O–H groups in total. The fourth-order valence-electron chi connectivity index (χ4n) is 2.14. The quantitative estimate of drug-likeness (QED) is 0.853. The van der Waals surface area contributed by atoms with Crippen LogP contribution in [0.1, 0.15) is 34.3 Å². The van der Waals surface area contributed by atoms with Crippen LogP contribution in [0, 0.1) is 0 Å². The number of furan rings is 1. The van der Waals surface area contributed by atoms with Gasteiger partial charge in [-0.05, 0) is 37.6 Å². The first kappa shape index (κ1) is 16.8. The number of carbonyl (C=O) groups excluding carboxylic acids is 2. The summed E-state index contributed by atoms with van der Waals surface area (Å²) in [5, 5.41) is 2.82. The smallest absolute Gasteiger partial charge is 0.293 e. The van der Waals surface area contributed by atoms with Gasteiger partial charge in [-0.1, -0.05) is 12.1 Å². The number of carbonyl (C=O) groups is 2. The molecule has 0 saturated heterocycles. The lowest BCUT2D eigenvalue weighted by molar-refractivity contribution is 0.0953. The van der Waals surface area contributed by atoms with E-state index < -0.39 is 0 Å². The monoisotopic (exact) mass is 315 g/mol. The minimum atomic E-state index is -0.314. The molecule has 6 nitrogen and oxygen atoms in total. The number of para-hydroxylation sites is 1. The van der Waals surface area contributed by atoms with E-state index in [1.165, 1.54) is 11.2 Å². The summed E-state index contributed by atoms with van der Waals surface area (Å²) in [5.41, 5.74) is 6.63. The number of hydrogen-bond donors (Lipinski definition) is 2. The maximum atomic E-state index is 12.4. The van der Waals surface area contributed by atoms with Gasteiger partial charge in [0.05, 0.1) is 17.5 Å². The summed E-state index contributed by atoms with van der Waals surface area (Å²) < 4.78 is 5.12. The first-order valence-corrected chi connectivity index (χ1v) is 7.45. The predicted octanol–water partition coefficient (Wildman–Crippen LogP) is 2.02. The number of nitrogens with one attached hydrogen (secondary N) is 1. The van der Waals surface area contributed by atoms with Crippen LogP contribution in [0.25, 0.3) is 0 Å². The minimum Gasteiger partial charge on any atom is -0.459 e. The maximum Gasteiger partial charge on any atom is 0.293 e. The van der Waals surface area contributed by atoms with Gasteiger partial charge in [0.2, 0.25) is 0 Å². The molecule has 122 valence electrons. The maximum absolute atomic E-state index is 12.4. The first-order valence-electron chi connectivity index (χ1n) is 7.45. The van der Waals surface area contributed by atoms with Gasteiger partial charge in [0.15, 0.2) is 5.76 Å². The Hall–Kier alpha value is -2.60. The van der Waals surface area contributed by atoms with E-state index in [-0.39, 0.29) is 23.6 Å². The zero-order valence-corrected chi connectivity index (χ0v) is 13.3. The normalized spacial score (nSPS) is 11.8. The number of nitrogens with zero attached hydrogens (tertiary/aromatic N) is 1. The van der Waals surface area contributed by atoms with Crippen molar-refractivity contribution in [1.29, 1.82) is 0 Å². The van der Waals surface area contributed by atoms with Crippen LogP contribution in [0.4, 0.5) is 5.69 Å². The summed E-state index contributed by atoms with van der Waals surface area (Å²) in [5.74, 6) is -0.328. The Labute approximate surface area is 135 Å². The molecular formula is C17H21N3O3. The molecule has 0 spiro atoms. The standard InChI is InChI=1S/C17H21N3O3/c1-12(18)9-10-19-16(21)13-6-3-4-7-14(13)20(2)17(22)15-8-5-11-23-15/h3-8,11-12H,9-10,18H2,1-2H3,(H,19,21). The molecule has 0 saturated carbocycles. The van der Waals surface area contributed by atoms with E-state index in [0.29, 0.717) is 24.2 Å². The molecule has 0 fully saturated rings. The van der Waals surface area contributed by atoms with Crippen molar-refractivity contribution < 1.29 is 14.0 Å². The molecule has 0 bridgehead atoms. The van der Waals surface area contributed by atoms with Crippen molar-refractivity contribution in [2.75, 3.05) is 18.5 Å². The van der Waals surface area contributed by atoms with Crippen LogP contribution in [-0.4, -0.2) is 31.4 Å². The van der Waals surface area contributed by atoms with Gasteiger partial charge >= 0.3 is 0 Å². The van der Waals surface area contributed by atoms with Crippen molar-refractivity contribution in [1.82, 2.24) is 5.32 Å². The molecule has 1 aromatic heterocycles. The number of benzene rings is 1. The summed E-state index contributed by atoms with van der Waals surface area (Å²) in [6.07, 6.45) is 2.13. The lowest BCUT2D eigenvalue weighted by atomic mass is 10.1. The van der Waals surface area contributed by atoms with Gasteiger partial charge in [0.25, 0.3) is 11.8 Å². The molecule has 1 aromatic carbocycles. The molecule has 1 heterocycles. The minimum absolute atomic E-state index is 0.0220. The topological polar surface area (TPSA) is 88.6 Å². The van der Waals surface area contributed by atoms with E-state index in [4.69, 9.17) is 10.2 Å². The lowest BCUT2D eigenvalue weighted by Gasteiger charge is -2.19. The highest BCUT2D eigenvalue weighted by molar-refractivity contribution is 6.09. The zero-order valence-electron chi connectivity index (χ0n) is 13.3. The Morgan fingerprint density at radius 2 is 2.00 bits per heavy atom. The van der Waals surface area contributed by atoms with Crippen LogP contribution in [-0.2, 0) is 0 Å². The molecule has 2 rings (SSSR count). The van der Waals surface area contributed by atoms with Crippen LogP contribution >= 0.6 is 0 Å². The van der Waals surface area contributed by atoms with E-state index in [0.717, 1.165) is 0 Å². The van der Waals surface area contributed by atoms with Gasteiger partial charge in [0, 0.05) is 19.6 Å². The van der Waals surface area contributed by atoms with Gasteiger partial charge < -0.3 is 20.4 Å². The number of nitrogens with two attached hydrogens (primary N) is 1. The fraction of sp³-hybridized carbons (Fsp3) is 0.294. The molecular weight excluding hydrogens is 294 g/mol. The molecule has 0 aliphatic carbocycles. The summed E-state index contributed by atoms with van der Waals surface area (Å²) in [4.78, 5) is 26.1. The second-order valence-corrected chi connectivity index (χ2v) is 5.38. The average molecular weight is 315 g/mol. The third kappa shape index (κ3) is 4.20. The number of amides is 2. The van der Waals surface area contributed by atoms with Gasteiger partial charge in [-0.3, -0.25) is 9.59 Å². The Morgan fingerprint density at radius 3 is 2.65 bits per heavy atom. The average Bonchev–Trinajstić information content (AvgIpc) is 3.07. The highest BCUT2D eigenvalue weighted by Gasteiger charge is 2.20. The van der Waals surface area contributed by atoms with Crippen LogP contribution in [0.15, 0.2) is 47.1 Å². The fourth-order valence-corrected chi connectivity index (χ4v) is 2.14.